The predicted octanol–water partition coefficient (Wildman–Crippen LogP) is 3.61. The van der Waals surface area contributed by atoms with Crippen LogP contribution in [0.25, 0.3) is 0 Å². The monoisotopic (exact) mass is 325 g/mol. The van der Waals surface area contributed by atoms with Crippen molar-refractivity contribution < 1.29 is 14.6 Å². The van der Waals surface area contributed by atoms with Gasteiger partial charge in [0.15, 0.2) is 0 Å². The highest BCUT2D eigenvalue weighted by molar-refractivity contribution is 7.16. The van der Waals surface area contributed by atoms with Gasteiger partial charge in [0.05, 0.1) is 9.90 Å². The van der Waals surface area contributed by atoms with Gasteiger partial charge >= 0.3 is 5.97 Å². The van der Waals surface area contributed by atoms with Gasteiger partial charge in [-0.15, -0.1) is 11.3 Å². The number of carboxylic acids is 1. The Kier molecular flexibility index (Phi) is 5.61. The summed E-state index contributed by atoms with van der Waals surface area (Å²) in [6.45, 7) is 2.06. The number of ether oxygens (including phenoxy) is 1. The van der Waals surface area contributed by atoms with Crippen molar-refractivity contribution in [2.24, 2.45) is 0 Å². The zero-order valence-electron chi connectivity index (χ0n) is 11.6. The summed E-state index contributed by atoms with van der Waals surface area (Å²) < 4.78 is 6.37. The molecule has 4 nitrogen and oxygen atoms in total. The molecule has 0 saturated carbocycles. The van der Waals surface area contributed by atoms with Crippen LogP contribution in [0.15, 0.2) is 36.4 Å². The van der Waals surface area contributed by atoms with Crippen LogP contribution in [0.5, 0.6) is 5.75 Å². The molecule has 0 aliphatic heterocycles. The lowest BCUT2D eigenvalue weighted by Gasteiger charge is -2.16. The summed E-state index contributed by atoms with van der Waals surface area (Å²) >= 11 is 7.46. The smallest absolute Gasteiger partial charge is 0.335 e. The standard InChI is InChI=1S/C15H16ClNO3S/c1-17(10-13-5-6-14(16)21-13)7-8-20-12-4-2-3-11(9-12)15(18)19/h2-6,9H,7-8,10H2,1H3,(H,18,19). The van der Waals surface area contributed by atoms with E-state index in [2.05, 4.69) is 4.90 Å². The number of thiophene rings is 1. The van der Waals surface area contributed by atoms with E-state index in [0.717, 1.165) is 17.4 Å². The van der Waals surface area contributed by atoms with E-state index in [0.29, 0.717) is 12.4 Å². The molecular formula is C15H16ClNO3S. The molecule has 0 aliphatic rings. The number of likely N-dealkylation sites (N-methyl/N-ethyl adjacent to an activating group) is 1. The Balaban J connectivity index is 1.78. The summed E-state index contributed by atoms with van der Waals surface area (Å²) in [6, 6.07) is 10.4. The first-order valence-electron chi connectivity index (χ1n) is 6.43. The highest BCUT2D eigenvalue weighted by Gasteiger charge is 2.06. The number of hydrogen-bond donors (Lipinski definition) is 1. The summed E-state index contributed by atoms with van der Waals surface area (Å²) in [5, 5.41) is 8.92. The lowest BCUT2D eigenvalue weighted by atomic mass is 10.2. The van der Waals surface area contributed by atoms with Crippen LogP contribution in [0.2, 0.25) is 4.34 Å². The molecule has 0 fully saturated rings. The van der Waals surface area contributed by atoms with Crippen LogP contribution in [0.4, 0.5) is 0 Å². The number of benzene rings is 1. The molecule has 0 aliphatic carbocycles. The average Bonchev–Trinajstić information content (AvgIpc) is 2.84. The maximum atomic E-state index is 10.9. The quantitative estimate of drug-likeness (QED) is 0.845. The number of hydrogen-bond acceptors (Lipinski definition) is 4. The van der Waals surface area contributed by atoms with E-state index in [1.807, 2.05) is 19.2 Å². The van der Waals surface area contributed by atoms with E-state index in [9.17, 15) is 4.79 Å². The number of nitrogens with zero attached hydrogens (tertiary/aromatic N) is 1. The molecule has 2 aromatic rings. The first-order chi connectivity index (χ1) is 10.0. The Labute approximate surface area is 132 Å². The molecule has 2 rings (SSSR count). The molecule has 21 heavy (non-hydrogen) atoms. The highest BCUT2D eigenvalue weighted by Crippen LogP contribution is 2.22. The van der Waals surface area contributed by atoms with Crippen molar-refractivity contribution in [3.63, 3.8) is 0 Å². The Bertz CT molecular complexity index is 614. The minimum Gasteiger partial charge on any atom is -0.492 e. The van der Waals surface area contributed by atoms with Crippen LogP contribution in [0, 0.1) is 0 Å². The molecule has 0 atom stereocenters. The molecule has 0 amide bonds. The van der Waals surface area contributed by atoms with E-state index < -0.39 is 5.97 Å². The predicted molar refractivity (Wildman–Crippen MR) is 84.6 cm³/mol. The lowest BCUT2D eigenvalue weighted by molar-refractivity contribution is 0.0696. The minimum absolute atomic E-state index is 0.231. The van der Waals surface area contributed by atoms with E-state index in [4.69, 9.17) is 21.4 Å². The van der Waals surface area contributed by atoms with Gasteiger partial charge in [0.2, 0.25) is 0 Å². The Morgan fingerprint density at radius 2 is 2.19 bits per heavy atom. The summed E-state index contributed by atoms with van der Waals surface area (Å²) in [5.41, 5.74) is 0.231. The summed E-state index contributed by atoms with van der Waals surface area (Å²) in [7, 11) is 2.00. The van der Waals surface area contributed by atoms with Crippen molar-refractivity contribution in [3.05, 3.63) is 51.2 Å². The maximum absolute atomic E-state index is 10.9. The summed E-state index contributed by atoms with van der Waals surface area (Å²) in [4.78, 5) is 14.2. The number of aromatic carboxylic acids is 1. The Morgan fingerprint density at radius 1 is 1.38 bits per heavy atom. The van der Waals surface area contributed by atoms with Crippen molar-refractivity contribution in [1.29, 1.82) is 0 Å². The molecule has 1 heterocycles. The largest absolute Gasteiger partial charge is 0.492 e. The molecule has 1 aromatic heterocycles. The van der Waals surface area contributed by atoms with Gasteiger partial charge < -0.3 is 9.84 Å². The second-order valence-electron chi connectivity index (χ2n) is 4.63. The molecule has 0 saturated heterocycles. The molecule has 0 bridgehead atoms. The van der Waals surface area contributed by atoms with Crippen molar-refractivity contribution in [1.82, 2.24) is 4.90 Å². The van der Waals surface area contributed by atoms with Crippen LogP contribution in [-0.4, -0.2) is 36.2 Å². The number of carbonyl (C=O) groups is 1. The third-order valence-electron chi connectivity index (χ3n) is 2.88. The maximum Gasteiger partial charge on any atom is 0.335 e. The molecule has 0 radical (unpaired) electrons. The third-order valence-corrected chi connectivity index (χ3v) is 4.09. The zero-order valence-corrected chi connectivity index (χ0v) is 13.2. The summed E-state index contributed by atoms with van der Waals surface area (Å²) in [5.74, 6) is -0.380. The van der Waals surface area contributed by atoms with E-state index >= 15 is 0 Å². The molecule has 0 unspecified atom stereocenters. The summed E-state index contributed by atoms with van der Waals surface area (Å²) in [6.07, 6.45) is 0. The van der Waals surface area contributed by atoms with Gasteiger partial charge in [0.1, 0.15) is 12.4 Å². The fourth-order valence-electron chi connectivity index (χ4n) is 1.82. The van der Waals surface area contributed by atoms with Gasteiger partial charge in [-0.3, -0.25) is 4.90 Å². The normalized spacial score (nSPS) is 10.8. The molecular weight excluding hydrogens is 310 g/mol. The topological polar surface area (TPSA) is 49.8 Å². The van der Waals surface area contributed by atoms with Crippen LogP contribution in [-0.2, 0) is 6.54 Å². The van der Waals surface area contributed by atoms with Crippen molar-refractivity contribution in [3.8, 4) is 5.75 Å². The van der Waals surface area contributed by atoms with Crippen molar-refractivity contribution in [2.75, 3.05) is 20.2 Å². The van der Waals surface area contributed by atoms with Gasteiger partial charge in [-0.2, -0.15) is 0 Å². The van der Waals surface area contributed by atoms with E-state index in [1.165, 1.54) is 10.9 Å². The molecule has 112 valence electrons. The minimum atomic E-state index is -0.952. The van der Waals surface area contributed by atoms with Crippen molar-refractivity contribution in [2.45, 2.75) is 6.54 Å². The number of rotatable bonds is 7. The van der Waals surface area contributed by atoms with Crippen LogP contribution in [0.1, 0.15) is 15.2 Å². The van der Waals surface area contributed by atoms with Crippen LogP contribution < -0.4 is 4.74 Å². The third kappa shape index (κ3) is 5.04. The Morgan fingerprint density at radius 3 is 2.86 bits per heavy atom. The van der Waals surface area contributed by atoms with E-state index in [1.54, 1.807) is 29.5 Å². The average molecular weight is 326 g/mol. The first kappa shape index (κ1) is 15.8. The zero-order chi connectivity index (χ0) is 15.2. The van der Waals surface area contributed by atoms with Gasteiger partial charge in [-0.1, -0.05) is 17.7 Å². The first-order valence-corrected chi connectivity index (χ1v) is 7.63. The van der Waals surface area contributed by atoms with Crippen molar-refractivity contribution >= 4 is 28.9 Å². The van der Waals surface area contributed by atoms with Crippen LogP contribution in [0.3, 0.4) is 0 Å². The van der Waals surface area contributed by atoms with Crippen LogP contribution >= 0.6 is 22.9 Å². The molecule has 1 aromatic carbocycles. The lowest BCUT2D eigenvalue weighted by Crippen LogP contribution is -2.23. The van der Waals surface area contributed by atoms with Gasteiger partial charge in [-0.05, 0) is 37.4 Å². The Hall–Kier alpha value is -1.56. The fraction of sp³-hybridized carbons (Fsp3) is 0.267. The molecule has 1 N–H and O–H groups in total. The van der Waals surface area contributed by atoms with Gasteiger partial charge in [0, 0.05) is 18.0 Å². The molecule has 6 heteroatoms. The van der Waals surface area contributed by atoms with Gasteiger partial charge in [0.25, 0.3) is 0 Å². The number of carboxylic acid groups (broad SMARTS) is 1. The van der Waals surface area contributed by atoms with E-state index in [-0.39, 0.29) is 5.56 Å². The second kappa shape index (κ2) is 7.45. The fourth-order valence-corrected chi connectivity index (χ4v) is 2.99. The number of halogens is 1. The SMILES string of the molecule is CN(CCOc1cccc(C(=O)O)c1)Cc1ccc(Cl)s1. The molecule has 0 spiro atoms. The highest BCUT2D eigenvalue weighted by atomic mass is 35.5. The second-order valence-corrected chi connectivity index (χ2v) is 6.42. The van der Waals surface area contributed by atoms with Gasteiger partial charge in [-0.25, -0.2) is 4.79 Å².